The van der Waals surface area contributed by atoms with Crippen LogP contribution in [0.4, 0.5) is 0 Å². The molecule has 0 radical (unpaired) electrons. The molecule has 68 valence electrons. The maximum absolute atomic E-state index is 5.77. The van der Waals surface area contributed by atoms with Gasteiger partial charge in [0, 0.05) is 14.2 Å². The van der Waals surface area contributed by atoms with Crippen molar-refractivity contribution in [1.82, 2.24) is 0 Å². The molecule has 0 aromatic rings. The first kappa shape index (κ1) is 11.2. The average Bonchev–Trinajstić information content (AvgIpc) is 2.02. The van der Waals surface area contributed by atoms with Crippen molar-refractivity contribution in [2.24, 2.45) is 0 Å². The van der Waals surface area contributed by atoms with E-state index in [0.717, 1.165) is 0 Å². The number of methoxy groups -OCH3 is 2. The number of halogens is 1. The molecular formula is C8H17ClO2. The Morgan fingerprint density at radius 1 is 1.09 bits per heavy atom. The quantitative estimate of drug-likeness (QED) is 0.617. The van der Waals surface area contributed by atoms with Crippen LogP contribution < -0.4 is 0 Å². The maximum Gasteiger partial charge on any atom is 0.107 e. The molecule has 0 spiro atoms. The highest BCUT2D eigenvalue weighted by Crippen LogP contribution is 2.29. The maximum atomic E-state index is 5.77. The van der Waals surface area contributed by atoms with Crippen molar-refractivity contribution in [1.29, 1.82) is 0 Å². The van der Waals surface area contributed by atoms with E-state index in [4.69, 9.17) is 21.1 Å². The number of ether oxygens (including phenoxy) is 2. The molecule has 0 amide bonds. The van der Waals surface area contributed by atoms with Gasteiger partial charge in [0.15, 0.2) is 0 Å². The van der Waals surface area contributed by atoms with Crippen LogP contribution in [0.3, 0.4) is 0 Å². The lowest BCUT2D eigenvalue weighted by Crippen LogP contribution is -2.52. The smallest absolute Gasteiger partial charge is 0.107 e. The molecule has 0 heterocycles. The summed E-state index contributed by atoms with van der Waals surface area (Å²) in [5.74, 6) is 0.421. The second kappa shape index (κ2) is 3.74. The van der Waals surface area contributed by atoms with E-state index in [1.807, 2.05) is 20.8 Å². The monoisotopic (exact) mass is 180 g/mol. The fourth-order valence-corrected chi connectivity index (χ4v) is 1.11. The third kappa shape index (κ3) is 2.08. The summed E-state index contributed by atoms with van der Waals surface area (Å²) < 4.78 is 10.6. The van der Waals surface area contributed by atoms with Crippen LogP contribution in [-0.2, 0) is 9.47 Å². The van der Waals surface area contributed by atoms with E-state index in [1.165, 1.54) is 0 Å². The van der Waals surface area contributed by atoms with E-state index in [2.05, 4.69) is 0 Å². The van der Waals surface area contributed by atoms with Crippen molar-refractivity contribution < 1.29 is 9.47 Å². The Balaban J connectivity index is 4.47. The van der Waals surface area contributed by atoms with Crippen molar-refractivity contribution in [3.8, 4) is 0 Å². The van der Waals surface area contributed by atoms with Gasteiger partial charge in [-0.15, -0.1) is 11.6 Å². The highest BCUT2D eigenvalue weighted by Gasteiger charge is 2.40. The van der Waals surface area contributed by atoms with Crippen molar-refractivity contribution in [2.45, 2.75) is 32.0 Å². The summed E-state index contributed by atoms with van der Waals surface area (Å²) in [6.45, 7) is 5.85. The fourth-order valence-electron chi connectivity index (χ4n) is 0.677. The molecule has 0 rings (SSSR count). The lowest BCUT2D eigenvalue weighted by molar-refractivity contribution is -0.145. The van der Waals surface area contributed by atoms with Crippen molar-refractivity contribution in [2.75, 3.05) is 20.1 Å². The second-order valence-electron chi connectivity index (χ2n) is 3.28. The van der Waals surface area contributed by atoms with Crippen LogP contribution in [0, 0.1) is 0 Å². The van der Waals surface area contributed by atoms with Crippen molar-refractivity contribution >= 4 is 11.6 Å². The predicted molar refractivity (Wildman–Crippen MR) is 47.2 cm³/mol. The molecule has 0 aliphatic rings. The van der Waals surface area contributed by atoms with Gasteiger partial charge >= 0.3 is 0 Å². The molecule has 0 aromatic heterocycles. The summed E-state index contributed by atoms with van der Waals surface area (Å²) in [5, 5.41) is 0. The number of rotatable bonds is 4. The van der Waals surface area contributed by atoms with Crippen molar-refractivity contribution in [3.05, 3.63) is 0 Å². The highest BCUT2D eigenvalue weighted by atomic mass is 35.5. The summed E-state index contributed by atoms with van der Waals surface area (Å²) in [4.78, 5) is 0. The molecule has 0 fully saturated rings. The van der Waals surface area contributed by atoms with E-state index >= 15 is 0 Å². The van der Waals surface area contributed by atoms with Crippen LogP contribution in [0.5, 0.6) is 0 Å². The SMILES string of the molecule is COC(C)(C)C(C)(CCl)OC. The summed E-state index contributed by atoms with van der Waals surface area (Å²) >= 11 is 5.77. The van der Waals surface area contributed by atoms with E-state index in [9.17, 15) is 0 Å². The molecule has 2 nitrogen and oxygen atoms in total. The van der Waals surface area contributed by atoms with Gasteiger partial charge in [-0.05, 0) is 20.8 Å². The average molecular weight is 181 g/mol. The zero-order valence-corrected chi connectivity index (χ0v) is 8.66. The molecule has 0 bridgehead atoms. The van der Waals surface area contributed by atoms with Crippen LogP contribution in [0.2, 0.25) is 0 Å². The van der Waals surface area contributed by atoms with Crippen LogP contribution in [0.25, 0.3) is 0 Å². The van der Waals surface area contributed by atoms with Crippen LogP contribution >= 0.6 is 11.6 Å². The Morgan fingerprint density at radius 3 is 1.64 bits per heavy atom. The van der Waals surface area contributed by atoms with Gasteiger partial charge in [0.05, 0.1) is 11.5 Å². The Bertz CT molecular complexity index is 119. The molecule has 1 unspecified atom stereocenters. The Hall–Kier alpha value is 0.210. The third-order valence-electron chi connectivity index (χ3n) is 2.49. The first-order valence-electron chi connectivity index (χ1n) is 3.60. The minimum atomic E-state index is -0.427. The topological polar surface area (TPSA) is 18.5 Å². The van der Waals surface area contributed by atoms with Gasteiger partial charge < -0.3 is 9.47 Å². The van der Waals surface area contributed by atoms with Gasteiger partial charge in [0.2, 0.25) is 0 Å². The van der Waals surface area contributed by atoms with Gasteiger partial charge in [0.25, 0.3) is 0 Å². The number of alkyl halides is 1. The Kier molecular flexibility index (Phi) is 3.82. The van der Waals surface area contributed by atoms with Gasteiger partial charge in [0.1, 0.15) is 5.60 Å². The zero-order chi connectivity index (χ0) is 9.12. The molecule has 3 heteroatoms. The molecule has 0 aliphatic carbocycles. The third-order valence-corrected chi connectivity index (χ3v) is 3.00. The Morgan fingerprint density at radius 2 is 1.55 bits per heavy atom. The normalized spacial score (nSPS) is 18.0. The van der Waals surface area contributed by atoms with E-state index in [-0.39, 0.29) is 5.60 Å². The largest absolute Gasteiger partial charge is 0.376 e. The second-order valence-corrected chi connectivity index (χ2v) is 3.55. The minimum Gasteiger partial charge on any atom is -0.376 e. The summed E-state index contributed by atoms with van der Waals surface area (Å²) in [6.07, 6.45) is 0. The first-order chi connectivity index (χ1) is 4.93. The summed E-state index contributed by atoms with van der Waals surface area (Å²) in [6, 6.07) is 0. The van der Waals surface area contributed by atoms with Gasteiger partial charge in [-0.1, -0.05) is 0 Å². The van der Waals surface area contributed by atoms with Crippen LogP contribution in [0.15, 0.2) is 0 Å². The highest BCUT2D eigenvalue weighted by molar-refractivity contribution is 6.18. The molecular weight excluding hydrogens is 164 g/mol. The number of hydrogen-bond acceptors (Lipinski definition) is 2. The van der Waals surface area contributed by atoms with E-state index < -0.39 is 5.60 Å². The zero-order valence-electron chi connectivity index (χ0n) is 7.90. The lowest BCUT2D eigenvalue weighted by atomic mass is 9.89. The van der Waals surface area contributed by atoms with Crippen LogP contribution in [-0.4, -0.2) is 31.3 Å². The van der Waals surface area contributed by atoms with Gasteiger partial charge in [-0.2, -0.15) is 0 Å². The molecule has 11 heavy (non-hydrogen) atoms. The van der Waals surface area contributed by atoms with Gasteiger partial charge in [-0.3, -0.25) is 0 Å². The number of hydrogen-bond donors (Lipinski definition) is 0. The minimum absolute atomic E-state index is 0.358. The van der Waals surface area contributed by atoms with Gasteiger partial charge in [-0.25, -0.2) is 0 Å². The molecule has 0 N–H and O–H groups in total. The van der Waals surface area contributed by atoms with E-state index in [1.54, 1.807) is 14.2 Å². The molecule has 0 saturated heterocycles. The standard InChI is InChI=1S/C8H17ClO2/c1-7(2,10-4)8(3,6-9)11-5/h6H2,1-5H3. The molecule has 0 aliphatic heterocycles. The van der Waals surface area contributed by atoms with Crippen molar-refractivity contribution in [3.63, 3.8) is 0 Å². The lowest BCUT2D eigenvalue weighted by Gasteiger charge is -2.40. The molecule has 1 atom stereocenters. The van der Waals surface area contributed by atoms with Crippen LogP contribution in [0.1, 0.15) is 20.8 Å². The molecule has 0 aromatic carbocycles. The summed E-state index contributed by atoms with van der Waals surface area (Å²) in [5.41, 5.74) is -0.785. The molecule has 0 saturated carbocycles. The summed E-state index contributed by atoms with van der Waals surface area (Å²) in [7, 11) is 3.30. The fraction of sp³-hybridized carbons (Fsp3) is 1.00. The Labute approximate surface area is 73.8 Å². The first-order valence-corrected chi connectivity index (χ1v) is 4.13. The van der Waals surface area contributed by atoms with E-state index in [0.29, 0.717) is 5.88 Å². The predicted octanol–water partition coefficient (Wildman–Crippen LogP) is 2.06.